The molecule has 0 aliphatic carbocycles. The van der Waals surface area contributed by atoms with Crippen molar-refractivity contribution in [2.75, 3.05) is 7.11 Å². The molecule has 82 valence electrons. The van der Waals surface area contributed by atoms with Gasteiger partial charge in [-0.15, -0.1) is 0 Å². The van der Waals surface area contributed by atoms with E-state index >= 15 is 0 Å². The molecule has 0 amide bonds. The lowest BCUT2D eigenvalue weighted by Crippen LogP contribution is -1.95. The van der Waals surface area contributed by atoms with E-state index < -0.39 is 5.97 Å². The van der Waals surface area contributed by atoms with Crippen LogP contribution in [0.2, 0.25) is 5.02 Å². The molecule has 1 aromatic rings. The molecule has 0 heterocycles. The van der Waals surface area contributed by atoms with Crippen LogP contribution < -0.4 is 0 Å². The van der Waals surface area contributed by atoms with Crippen molar-refractivity contribution in [3.05, 3.63) is 34.3 Å². The van der Waals surface area contributed by atoms with E-state index in [9.17, 15) is 9.59 Å². The summed E-state index contributed by atoms with van der Waals surface area (Å²) in [6.45, 7) is 1.43. The van der Waals surface area contributed by atoms with E-state index in [0.29, 0.717) is 16.1 Å². The maximum absolute atomic E-state index is 11.1. The summed E-state index contributed by atoms with van der Waals surface area (Å²) >= 11 is 5.87. The minimum absolute atomic E-state index is 0.113. The monoisotopic (exact) mass is 236 g/mol. The lowest BCUT2D eigenvalue weighted by atomic mass is 10.1. The van der Waals surface area contributed by atoms with Gasteiger partial charge in [0.2, 0.25) is 0 Å². The number of hydrogen-bond donors (Lipinski definition) is 0. The van der Waals surface area contributed by atoms with Crippen LogP contribution in [0.4, 0.5) is 0 Å². The first-order valence-electron chi connectivity index (χ1n) is 4.45. The van der Waals surface area contributed by atoms with Crippen LogP contribution in [0, 0.1) is 11.8 Å². The largest absolute Gasteiger partial charge is 0.459 e. The molecule has 0 radical (unpaired) electrons. The van der Waals surface area contributed by atoms with Crippen LogP contribution in [0.25, 0.3) is 0 Å². The van der Waals surface area contributed by atoms with Gasteiger partial charge in [-0.05, 0) is 25.1 Å². The van der Waals surface area contributed by atoms with Crippen LogP contribution in [-0.2, 0) is 9.53 Å². The normalized spacial score (nSPS) is 8.94. The number of ether oxygens (including phenoxy) is 1. The third-order valence-corrected chi connectivity index (χ3v) is 2.16. The first-order valence-corrected chi connectivity index (χ1v) is 4.83. The maximum atomic E-state index is 11.1. The van der Waals surface area contributed by atoms with Gasteiger partial charge in [-0.25, -0.2) is 4.79 Å². The first kappa shape index (κ1) is 12.3. The Morgan fingerprint density at radius 2 is 2.06 bits per heavy atom. The Balaban J connectivity index is 3.01. The van der Waals surface area contributed by atoms with E-state index in [4.69, 9.17) is 11.6 Å². The van der Waals surface area contributed by atoms with Crippen molar-refractivity contribution in [2.45, 2.75) is 6.92 Å². The Hall–Kier alpha value is -1.79. The van der Waals surface area contributed by atoms with Crippen LogP contribution in [0.3, 0.4) is 0 Å². The van der Waals surface area contributed by atoms with Crippen LogP contribution in [0.5, 0.6) is 0 Å². The van der Waals surface area contributed by atoms with Gasteiger partial charge < -0.3 is 4.74 Å². The minimum Gasteiger partial charge on any atom is -0.459 e. The van der Waals surface area contributed by atoms with E-state index in [-0.39, 0.29) is 5.78 Å². The zero-order valence-electron chi connectivity index (χ0n) is 8.83. The van der Waals surface area contributed by atoms with E-state index in [2.05, 4.69) is 16.6 Å². The molecule has 0 unspecified atom stereocenters. The molecule has 1 rings (SSSR count). The number of esters is 1. The fourth-order valence-corrected chi connectivity index (χ4v) is 1.37. The lowest BCUT2D eigenvalue weighted by Gasteiger charge is -1.99. The topological polar surface area (TPSA) is 43.4 Å². The number of carbonyl (C=O) groups excluding carboxylic acids is 2. The fraction of sp³-hybridized carbons (Fsp3) is 0.167. The van der Waals surface area contributed by atoms with Gasteiger partial charge >= 0.3 is 5.97 Å². The highest BCUT2D eigenvalue weighted by Crippen LogP contribution is 2.17. The predicted octanol–water partition coefficient (Wildman–Crippen LogP) is 2.07. The number of carbonyl (C=O) groups is 2. The van der Waals surface area contributed by atoms with Gasteiger partial charge in [0, 0.05) is 17.0 Å². The molecule has 1 aromatic carbocycles. The number of rotatable bonds is 1. The Bertz CT molecular complexity index is 495. The third-order valence-electron chi connectivity index (χ3n) is 1.84. The fourth-order valence-electron chi connectivity index (χ4n) is 1.05. The van der Waals surface area contributed by atoms with E-state index in [1.165, 1.54) is 20.1 Å². The summed E-state index contributed by atoms with van der Waals surface area (Å²) in [6, 6.07) is 4.73. The standard InChI is InChI=1S/C12H9ClO3/c1-8(14)10-5-3-9(7-11(10)13)4-6-12(15)16-2/h3,5,7H,1-2H3. The summed E-state index contributed by atoms with van der Waals surface area (Å²) in [4.78, 5) is 21.9. The van der Waals surface area contributed by atoms with Gasteiger partial charge in [-0.1, -0.05) is 17.5 Å². The van der Waals surface area contributed by atoms with Gasteiger partial charge in [0.05, 0.1) is 12.1 Å². The van der Waals surface area contributed by atoms with Gasteiger partial charge in [0.1, 0.15) is 0 Å². The summed E-state index contributed by atoms with van der Waals surface area (Å²) in [5.41, 5.74) is 0.991. The molecule has 0 spiro atoms. The molecule has 0 aliphatic rings. The van der Waals surface area contributed by atoms with Crippen LogP contribution in [-0.4, -0.2) is 18.9 Å². The highest BCUT2D eigenvalue weighted by Gasteiger charge is 2.05. The second-order valence-corrected chi connectivity index (χ2v) is 3.40. The summed E-state index contributed by atoms with van der Waals surface area (Å²) < 4.78 is 4.36. The molecule has 3 nitrogen and oxygen atoms in total. The predicted molar refractivity (Wildman–Crippen MR) is 60.4 cm³/mol. The number of ketones is 1. The molecule has 0 bridgehead atoms. The Labute approximate surface area is 98.4 Å². The zero-order valence-corrected chi connectivity index (χ0v) is 9.59. The van der Waals surface area contributed by atoms with Crippen LogP contribution in [0.15, 0.2) is 18.2 Å². The summed E-state index contributed by atoms with van der Waals surface area (Å²) in [6.07, 6.45) is 0. The highest BCUT2D eigenvalue weighted by atomic mass is 35.5. The summed E-state index contributed by atoms with van der Waals surface area (Å²) in [7, 11) is 1.25. The smallest absolute Gasteiger partial charge is 0.384 e. The number of halogens is 1. The number of benzene rings is 1. The molecule has 0 fully saturated rings. The number of methoxy groups -OCH3 is 1. The zero-order chi connectivity index (χ0) is 12.1. The van der Waals surface area contributed by atoms with Gasteiger partial charge in [-0.2, -0.15) is 0 Å². The van der Waals surface area contributed by atoms with Crippen molar-refractivity contribution in [3.8, 4) is 11.8 Å². The maximum Gasteiger partial charge on any atom is 0.384 e. The second kappa shape index (κ2) is 5.34. The lowest BCUT2D eigenvalue weighted by molar-refractivity contribution is -0.133. The van der Waals surface area contributed by atoms with E-state index in [1.807, 2.05) is 0 Å². The van der Waals surface area contributed by atoms with Crippen molar-refractivity contribution in [1.82, 2.24) is 0 Å². The average Bonchev–Trinajstić information content (AvgIpc) is 2.25. The molecule has 4 heteroatoms. The van der Waals surface area contributed by atoms with Crippen LogP contribution >= 0.6 is 11.6 Å². The second-order valence-electron chi connectivity index (χ2n) is 2.99. The SMILES string of the molecule is COC(=O)C#Cc1ccc(C(C)=O)c(Cl)c1. The Kier molecular flexibility index (Phi) is 4.10. The molecular weight excluding hydrogens is 228 g/mol. The molecule has 0 aliphatic heterocycles. The van der Waals surface area contributed by atoms with E-state index in [0.717, 1.165) is 0 Å². The average molecular weight is 237 g/mol. The van der Waals surface area contributed by atoms with Crippen molar-refractivity contribution in [2.24, 2.45) is 0 Å². The molecule has 0 saturated carbocycles. The van der Waals surface area contributed by atoms with Crippen molar-refractivity contribution < 1.29 is 14.3 Å². The van der Waals surface area contributed by atoms with Crippen molar-refractivity contribution in [3.63, 3.8) is 0 Å². The van der Waals surface area contributed by atoms with E-state index in [1.54, 1.807) is 12.1 Å². The Morgan fingerprint density at radius 1 is 1.38 bits per heavy atom. The third kappa shape index (κ3) is 3.11. The quantitative estimate of drug-likeness (QED) is 0.426. The molecule has 0 N–H and O–H groups in total. The van der Waals surface area contributed by atoms with Crippen LogP contribution in [0.1, 0.15) is 22.8 Å². The highest BCUT2D eigenvalue weighted by molar-refractivity contribution is 6.34. The molecule has 0 saturated heterocycles. The van der Waals surface area contributed by atoms with Crippen molar-refractivity contribution >= 4 is 23.4 Å². The molecule has 0 aromatic heterocycles. The molecule has 16 heavy (non-hydrogen) atoms. The molecular formula is C12H9ClO3. The van der Waals surface area contributed by atoms with Gasteiger partial charge in [0.15, 0.2) is 5.78 Å². The van der Waals surface area contributed by atoms with Gasteiger partial charge in [0.25, 0.3) is 0 Å². The summed E-state index contributed by atoms with van der Waals surface area (Å²) in [5.74, 6) is 4.12. The minimum atomic E-state index is -0.619. The summed E-state index contributed by atoms with van der Waals surface area (Å²) in [5, 5.41) is 0.323. The first-order chi connectivity index (χ1) is 7.54. The number of hydrogen-bond acceptors (Lipinski definition) is 3. The Morgan fingerprint density at radius 3 is 2.56 bits per heavy atom. The van der Waals surface area contributed by atoms with Gasteiger partial charge in [-0.3, -0.25) is 4.79 Å². The molecule has 0 atom stereocenters. The van der Waals surface area contributed by atoms with Crippen molar-refractivity contribution in [1.29, 1.82) is 0 Å². The number of Topliss-reactive ketones (excluding diaryl/α,β-unsaturated/α-hetero) is 1.